The molecule has 0 unspecified atom stereocenters. The molecule has 186 valence electrons. The number of hydrogen-bond acceptors (Lipinski definition) is 5. The highest BCUT2D eigenvalue weighted by Crippen LogP contribution is 2.35. The van der Waals surface area contributed by atoms with Gasteiger partial charge in [0.05, 0.1) is 17.8 Å². The van der Waals surface area contributed by atoms with E-state index in [4.69, 9.17) is 16.3 Å². The number of hydrogen-bond donors (Lipinski definition) is 1. The van der Waals surface area contributed by atoms with E-state index in [1.807, 2.05) is 30.3 Å². The standard InChI is InChI=1S/C25H23ClFN5O4/c1-28-23(33)16-10-20-18(11-17(16)27)30(2)24(34)19(13-36-20)31-9-8-15-21(25(31)35)29-32(22(15)26)12-14-6-4-3-5-7-14/h3-7,10-11,19H,8-9,12-13H2,1-2H3,(H,28,33)/t19-/m0/s1. The van der Waals surface area contributed by atoms with Crippen molar-refractivity contribution in [2.75, 3.05) is 32.1 Å². The SMILES string of the molecule is CNC(=O)c1cc2c(cc1F)N(C)C(=O)[C@@H](N1CCc3c(nn(Cc4ccccc4)c3Cl)C1=O)CO2. The van der Waals surface area contributed by atoms with Gasteiger partial charge in [0.2, 0.25) is 0 Å². The molecule has 0 bridgehead atoms. The Balaban J connectivity index is 1.42. The van der Waals surface area contributed by atoms with E-state index in [9.17, 15) is 18.8 Å². The molecule has 5 rings (SSSR count). The van der Waals surface area contributed by atoms with Crippen LogP contribution in [0.2, 0.25) is 5.15 Å². The molecule has 9 nitrogen and oxygen atoms in total. The summed E-state index contributed by atoms with van der Waals surface area (Å²) in [7, 11) is 2.87. The number of fused-ring (bicyclic) bond motifs is 2. The van der Waals surface area contributed by atoms with E-state index >= 15 is 0 Å². The first-order valence-electron chi connectivity index (χ1n) is 11.4. The Labute approximate surface area is 211 Å². The van der Waals surface area contributed by atoms with E-state index < -0.39 is 29.6 Å². The van der Waals surface area contributed by atoms with Crippen LogP contribution < -0.4 is 15.0 Å². The van der Waals surface area contributed by atoms with Gasteiger partial charge in [-0.3, -0.25) is 14.4 Å². The number of carbonyl (C=O) groups excluding carboxylic acids is 3. The Morgan fingerprint density at radius 3 is 2.72 bits per heavy atom. The monoisotopic (exact) mass is 511 g/mol. The quantitative estimate of drug-likeness (QED) is 0.580. The number of amides is 3. The molecule has 11 heteroatoms. The summed E-state index contributed by atoms with van der Waals surface area (Å²) in [5, 5.41) is 7.23. The van der Waals surface area contributed by atoms with Crippen LogP contribution in [0, 0.1) is 5.82 Å². The summed E-state index contributed by atoms with van der Waals surface area (Å²) in [6.07, 6.45) is 0.421. The van der Waals surface area contributed by atoms with Gasteiger partial charge in [0.15, 0.2) is 5.69 Å². The van der Waals surface area contributed by atoms with Crippen LogP contribution >= 0.6 is 11.6 Å². The fourth-order valence-corrected chi connectivity index (χ4v) is 4.82. The van der Waals surface area contributed by atoms with Crippen molar-refractivity contribution in [1.82, 2.24) is 20.0 Å². The highest BCUT2D eigenvalue weighted by molar-refractivity contribution is 6.31. The average Bonchev–Trinajstić information content (AvgIpc) is 3.14. The number of nitrogens with one attached hydrogen (secondary N) is 1. The van der Waals surface area contributed by atoms with E-state index in [1.54, 1.807) is 4.68 Å². The normalized spacial score (nSPS) is 17.3. The number of ether oxygens (including phenoxy) is 1. The summed E-state index contributed by atoms with van der Waals surface area (Å²) in [6, 6.07) is 11.0. The Kier molecular flexibility index (Phi) is 6.13. The summed E-state index contributed by atoms with van der Waals surface area (Å²) in [4.78, 5) is 41.5. The van der Waals surface area contributed by atoms with Crippen LogP contribution in [0.5, 0.6) is 5.75 Å². The number of anilines is 1. The van der Waals surface area contributed by atoms with Gasteiger partial charge in [0.25, 0.3) is 17.7 Å². The molecule has 0 radical (unpaired) electrons. The molecule has 0 saturated heterocycles. The van der Waals surface area contributed by atoms with Crippen molar-refractivity contribution in [2.45, 2.75) is 19.0 Å². The first kappa shape index (κ1) is 23.8. The lowest BCUT2D eigenvalue weighted by atomic mass is 10.0. The third kappa shape index (κ3) is 3.97. The molecule has 3 aromatic rings. The Bertz CT molecular complexity index is 1380. The summed E-state index contributed by atoms with van der Waals surface area (Å²) in [6.45, 7) is 0.488. The zero-order valence-corrected chi connectivity index (χ0v) is 20.4. The van der Waals surface area contributed by atoms with Gasteiger partial charge >= 0.3 is 0 Å². The van der Waals surface area contributed by atoms with E-state index in [-0.39, 0.29) is 35.8 Å². The maximum Gasteiger partial charge on any atom is 0.275 e. The summed E-state index contributed by atoms with van der Waals surface area (Å²) in [5.74, 6) is -2.09. The molecule has 1 N–H and O–H groups in total. The molecular weight excluding hydrogens is 489 g/mol. The van der Waals surface area contributed by atoms with Gasteiger partial charge in [-0.15, -0.1) is 0 Å². The molecule has 2 aliphatic rings. The smallest absolute Gasteiger partial charge is 0.275 e. The predicted octanol–water partition coefficient (Wildman–Crippen LogP) is 2.51. The third-order valence-corrected chi connectivity index (χ3v) is 6.92. The molecule has 1 aromatic heterocycles. The molecular formula is C25H23ClFN5O4. The Morgan fingerprint density at radius 1 is 1.25 bits per heavy atom. The molecule has 2 aromatic carbocycles. The van der Waals surface area contributed by atoms with Crippen molar-refractivity contribution in [3.63, 3.8) is 0 Å². The molecule has 36 heavy (non-hydrogen) atoms. The largest absolute Gasteiger partial charge is 0.489 e. The lowest BCUT2D eigenvalue weighted by Gasteiger charge is -2.33. The third-order valence-electron chi connectivity index (χ3n) is 6.49. The topological polar surface area (TPSA) is 96.8 Å². The molecule has 1 atom stereocenters. The minimum absolute atomic E-state index is 0.158. The number of nitrogens with zero attached hydrogens (tertiary/aromatic N) is 4. The van der Waals surface area contributed by atoms with Crippen LogP contribution in [0.4, 0.5) is 10.1 Å². The summed E-state index contributed by atoms with van der Waals surface area (Å²) in [5.41, 5.74) is 1.80. The van der Waals surface area contributed by atoms with E-state index in [1.165, 1.54) is 30.0 Å². The first-order chi connectivity index (χ1) is 17.3. The van der Waals surface area contributed by atoms with E-state index in [2.05, 4.69) is 10.4 Å². The molecule has 2 aliphatic heterocycles. The minimum Gasteiger partial charge on any atom is -0.489 e. The summed E-state index contributed by atoms with van der Waals surface area (Å²) >= 11 is 6.56. The molecule has 0 spiro atoms. The second-order valence-corrected chi connectivity index (χ2v) is 8.97. The molecule has 3 heterocycles. The highest BCUT2D eigenvalue weighted by atomic mass is 35.5. The first-order valence-corrected chi connectivity index (χ1v) is 11.7. The van der Waals surface area contributed by atoms with Gasteiger partial charge in [-0.05, 0) is 18.1 Å². The molecule has 0 saturated carbocycles. The average molecular weight is 512 g/mol. The van der Waals surface area contributed by atoms with Crippen LogP contribution in [-0.2, 0) is 17.8 Å². The van der Waals surface area contributed by atoms with Gasteiger partial charge in [0, 0.05) is 32.3 Å². The maximum atomic E-state index is 14.6. The Hall–Kier alpha value is -3.92. The second kappa shape index (κ2) is 9.27. The van der Waals surface area contributed by atoms with Gasteiger partial charge in [-0.2, -0.15) is 5.10 Å². The maximum absolute atomic E-state index is 14.6. The number of halogens is 2. The van der Waals surface area contributed by atoms with E-state index in [0.717, 1.165) is 11.6 Å². The summed E-state index contributed by atoms with van der Waals surface area (Å²) < 4.78 is 22.0. The fourth-order valence-electron chi connectivity index (χ4n) is 4.54. The molecule has 0 aliphatic carbocycles. The number of likely N-dealkylation sites (N-methyl/N-ethyl adjacent to an activating group) is 1. The van der Waals surface area contributed by atoms with Gasteiger partial charge in [0.1, 0.15) is 29.4 Å². The van der Waals surface area contributed by atoms with Crippen molar-refractivity contribution in [1.29, 1.82) is 0 Å². The second-order valence-electron chi connectivity index (χ2n) is 8.61. The molecule has 0 fully saturated rings. The van der Waals surface area contributed by atoms with Gasteiger partial charge in [-0.1, -0.05) is 41.9 Å². The van der Waals surface area contributed by atoms with Crippen molar-refractivity contribution in [2.24, 2.45) is 0 Å². The van der Waals surface area contributed by atoms with Crippen molar-refractivity contribution in [3.05, 3.63) is 75.8 Å². The lowest BCUT2D eigenvalue weighted by molar-refractivity contribution is -0.123. The fraction of sp³-hybridized carbons (Fsp3) is 0.280. The van der Waals surface area contributed by atoms with Crippen molar-refractivity contribution in [3.8, 4) is 5.75 Å². The number of rotatable bonds is 4. The zero-order chi connectivity index (χ0) is 25.6. The van der Waals surface area contributed by atoms with Crippen LogP contribution in [0.3, 0.4) is 0 Å². The zero-order valence-electron chi connectivity index (χ0n) is 19.6. The van der Waals surface area contributed by atoms with Crippen molar-refractivity contribution < 1.29 is 23.5 Å². The number of carbonyl (C=O) groups is 3. The van der Waals surface area contributed by atoms with Crippen LogP contribution in [-0.4, -0.2) is 65.7 Å². The number of benzene rings is 2. The van der Waals surface area contributed by atoms with Crippen LogP contribution in [0.15, 0.2) is 42.5 Å². The van der Waals surface area contributed by atoms with Crippen molar-refractivity contribution >= 4 is 35.0 Å². The van der Waals surface area contributed by atoms with Crippen LogP contribution in [0.25, 0.3) is 0 Å². The Morgan fingerprint density at radius 2 is 2.00 bits per heavy atom. The highest BCUT2D eigenvalue weighted by Gasteiger charge is 2.41. The minimum atomic E-state index is -0.965. The van der Waals surface area contributed by atoms with Crippen LogP contribution in [0.1, 0.15) is 32.0 Å². The van der Waals surface area contributed by atoms with Gasteiger partial charge < -0.3 is 19.9 Å². The molecule has 3 amide bonds. The van der Waals surface area contributed by atoms with E-state index in [0.29, 0.717) is 23.7 Å². The van der Waals surface area contributed by atoms with Gasteiger partial charge in [-0.25, -0.2) is 9.07 Å². The predicted molar refractivity (Wildman–Crippen MR) is 130 cm³/mol. The number of aromatic nitrogens is 2. The lowest BCUT2D eigenvalue weighted by Crippen LogP contribution is -2.54.